The molecule has 0 radical (unpaired) electrons. The monoisotopic (exact) mass is 423 g/mol. The summed E-state index contributed by atoms with van der Waals surface area (Å²) in [5.74, 6) is 0. The molecular formula is C11H25IN2O5P-3. The van der Waals surface area contributed by atoms with Crippen LogP contribution in [-0.2, 0) is 12.3 Å². The molecule has 0 amide bonds. The SMILES string of the molecule is CCC(C)(CC)OPON([O-])O[I-]N([O-])C(C)(C)CC. The first kappa shape index (κ1) is 20.9. The first-order chi connectivity index (χ1) is 9.20. The van der Waals surface area contributed by atoms with Crippen molar-refractivity contribution >= 4 is 9.03 Å². The summed E-state index contributed by atoms with van der Waals surface area (Å²) in [7, 11) is -0.447. The molecule has 0 aliphatic carbocycles. The van der Waals surface area contributed by atoms with Crippen molar-refractivity contribution in [2.24, 2.45) is 0 Å². The summed E-state index contributed by atoms with van der Waals surface area (Å²) in [6.07, 6.45) is 2.33. The van der Waals surface area contributed by atoms with Crippen molar-refractivity contribution in [3.05, 3.63) is 10.4 Å². The summed E-state index contributed by atoms with van der Waals surface area (Å²) in [6.45, 7) is 11.5. The van der Waals surface area contributed by atoms with Gasteiger partial charge in [-0.1, -0.05) is 0 Å². The van der Waals surface area contributed by atoms with Crippen molar-refractivity contribution in [1.29, 1.82) is 0 Å². The maximum atomic E-state index is 11.7. The second kappa shape index (κ2) is 9.81. The molecule has 0 bridgehead atoms. The summed E-state index contributed by atoms with van der Waals surface area (Å²) in [5.41, 5.74) is -0.834. The average Bonchev–Trinajstić information content (AvgIpc) is 2.44. The minimum absolute atomic E-state index is 0.0197. The fraction of sp³-hybridized carbons (Fsp3) is 1.00. The van der Waals surface area contributed by atoms with E-state index in [9.17, 15) is 10.4 Å². The molecule has 124 valence electrons. The van der Waals surface area contributed by atoms with Gasteiger partial charge in [-0.25, -0.2) is 0 Å². The van der Waals surface area contributed by atoms with Gasteiger partial charge in [-0.15, -0.1) is 0 Å². The van der Waals surface area contributed by atoms with E-state index in [-0.39, 0.29) is 11.0 Å². The van der Waals surface area contributed by atoms with Crippen LogP contribution in [0.15, 0.2) is 0 Å². The number of nitrogens with zero attached hydrogens (tertiary/aromatic N) is 2. The van der Waals surface area contributed by atoms with Crippen molar-refractivity contribution in [3.8, 4) is 0 Å². The number of hydroxylamine groups is 1. The number of hydrogen-bond donors (Lipinski definition) is 0. The van der Waals surface area contributed by atoms with Crippen molar-refractivity contribution in [1.82, 2.24) is 8.67 Å². The molecule has 0 spiro atoms. The van der Waals surface area contributed by atoms with Crippen LogP contribution in [0, 0.1) is 10.4 Å². The molecule has 0 aromatic carbocycles. The molecule has 1 atom stereocenters. The van der Waals surface area contributed by atoms with Crippen LogP contribution in [0.4, 0.5) is 0 Å². The van der Waals surface area contributed by atoms with Gasteiger partial charge in [0, 0.05) is 0 Å². The van der Waals surface area contributed by atoms with E-state index in [2.05, 4.69) is 0 Å². The summed E-state index contributed by atoms with van der Waals surface area (Å²) >= 11 is -1.41. The molecule has 0 saturated carbocycles. The third-order valence-electron chi connectivity index (χ3n) is 3.39. The maximum absolute atomic E-state index is 11.7. The van der Waals surface area contributed by atoms with Crippen molar-refractivity contribution in [3.63, 3.8) is 0 Å². The molecule has 1 unspecified atom stereocenters. The van der Waals surface area contributed by atoms with E-state index >= 15 is 0 Å². The quantitative estimate of drug-likeness (QED) is 0.209. The standard InChI is InChI=1S/C11H25IN2O5P/c1-7-10(4,5)13(15)12-18-14(16)19-20-17-11(6,8-2)9-3/h20H,7-9H2,1-6H3/q-3. The van der Waals surface area contributed by atoms with Crippen molar-refractivity contribution < 1.29 is 34.2 Å². The molecule has 20 heavy (non-hydrogen) atoms. The van der Waals surface area contributed by atoms with Gasteiger partial charge in [0.05, 0.1) is 0 Å². The van der Waals surface area contributed by atoms with Crippen LogP contribution in [0.25, 0.3) is 0 Å². The van der Waals surface area contributed by atoms with Gasteiger partial charge in [0.1, 0.15) is 0 Å². The van der Waals surface area contributed by atoms with E-state index in [1.165, 1.54) is 0 Å². The van der Waals surface area contributed by atoms with Crippen LogP contribution >= 0.6 is 9.03 Å². The van der Waals surface area contributed by atoms with Crippen LogP contribution in [0.5, 0.6) is 0 Å². The van der Waals surface area contributed by atoms with Gasteiger partial charge in [-0.05, 0) is 0 Å². The molecule has 0 heterocycles. The second-order valence-corrected chi connectivity index (χ2v) is 7.42. The molecule has 0 aliphatic heterocycles. The van der Waals surface area contributed by atoms with E-state index in [0.717, 1.165) is 16.1 Å². The fourth-order valence-electron chi connectivity index (χ4n) is 0.829. The molecule has 0 rings (SSSR count). The normalized spacial score (nSPS) is 14.3. The van der Waals surface area contributed by atoms with Gasteiger partial charge in [-0.2, -0.15) is 0 Å². The molecule has 0 saturated heterocycles. The Labute approximate surface area is 134 Å². The molecule has 0 aromatic heterocycles. The number of halogens is 1. The Balaban J connectivity index is 3.93. The Hall–Kier alpha value is 0.880. The van der Waals surface area contributed by atoms with Crippen molar-refractivity contribution in [2.75, 3.05) is 0 Å². The van der Waals surface area contributed by atoms with Crippen LogP contribution in [-0.4, -0.2) is 19.8 Å². The molecule has 0 N–H and O–H groups in total. The van der Waals surface area contributed by atoms with E-state index in [1.807, 2.05) is 27.7 Å². The molecule has 9 heteroatoms. The predicted octanol–water partition coefficient (Wildman–Crippen LogP) is 0.661. The van der Waals surface area contributed by atoms with Gasteiger partial charge in [-0.3, -0.25) is 0 Å². The molecule has 0 fully saturated rings. The zero-order chi connectivity index (χ0) is 15.8. The second-order valence-electron chi connectivity index (χ2n) is 5.21. The summed E-state index contributed by atoms with van der Waals surface area (Å²) < 4.78 is 15.9. The van der Waals surface area contributed by atoms with Crippen LogP contribution in [0.1, 0.15) is 60.8 Å². The zero-order valence-corrected chi connectivity index (χ0v) is 16.1. The molecule has 0 aliphatic rings. The average molecular weight is 423 g/mol. The molecule has 7 nitrogen and oxygen atoms in total. The third kappa shape index (κ3) is 7.77. The minimum atomic E-state index is -1.41. The Morgan fingerprint density at radius 1 is 1.05 bits per heavy atom. The summed E-state index contributed by atoms with van der Waals surface area (Å²) in [5, 5.41) is 23.0. The van der Waals surface area contributed by atoms with E-state index in [0.29, 0.717) is 6.42 Å². The molecular weight excluding hydrogens is 398 g/mol. The van der Waals surface area contributed by atoms with Gasteiger partial charge in [0.15, 0.2) is 0 Å². The Morgan fingerprint density at radius 2 is 1.60 bits per heavy atom. The Morgan fingerprint density at radius 3 is 2.05 bits per heavy atom. The third-order valence-corrected chi connectivity index (χ3v) is 6.35. The van der Waals surface area contributed by atoms with Gasteiger partial charge < -0.3 is 0 Å². The summed E-state index contributed by atoms with van der Waals surface area (Å²) in [4.78, 5) is 0. The van der Waals surface area contributed by atoms with E-state index in [1.54, 1.807) is 13.8 Å². The van der Waals surface area contributed by atoms with Crippen LogP contribution < -0.4 is 21.9 Å². The van der Waals surface area contributed by atoms with E-state index in [4.69, 9.17) is 12.3 Å². The van der Waals surface area contributed by atoms with Gasteiger partial charge >= 0.3 is 134 Å². The topological polar surface area (TPSA) is 80.3 Å². The predicted molar refractivity (Wildman–Crippen MR) is 75.3 cm³/mol. The first-order valence-corrected chi connectivity index (χ1v) is 9.23. The van der Waals surface area contributed by atoms with Crippen LogP contribution in [0.3, 0.4) is 0 Å². The Bertz CT molecular complexity index is 269. The number of hydrogen-bond acceptors (Lipinski definition) is 7. The molecule has 0 aromatic rings. The summed E-state index contributed by atoms with van der Waals surface area (Å²) in [6, 6.07) is 0. The van der Waals surface area contributed by atoms with Crippen molar-refractivity contribution in [2.45, 2.75) is 71.9 Å². The van der Waals surface area contributed by atoms with E-state index < -0.39 is 36.5 Å². The van der Waals surface area contributed by atoms with Gasteiger partial charge in [0.25, 0.3) is 0 Å². The number of rotatable bonds is 11. The van der Waals surface area contributed by atoms with Gasteiger partial charge in [0.2, 0.25) is 0 Å². The van der Waals surface area contributed by atoms with Crippen LogP contribution in [0.2, 0.25) is 0 Å². The first-order valence-electron chi connectivity index (χ1n) is 6.57. The Kier molecular flexibility index (Phi) is 10.2. The fourth-order valence-corrected chi connectivity index (χ4v) is 2.86. The zero-order valence-electron chi connectivity index (χ0n) is 12.9.